The van der Waals surface area contributed by atoms with Gasteiger partial charge in [0, 0.05) is 38.0 Å². The first-order valence-corrected chi connectivity index (χ1v) is 9.69. The van der Waals surface area contributed by atoms with Crippen molar-refractivity contribution < 1.29 is 14.3 Å². The fourth-order valence-corrected chi connectivity index (χ4v) is 3.39. The summed E-state index contributed by atoms with van der Waals surface area (Å²) in [5.41, 5.74) is 2.79. The number of hydrogen-bond donors (Lipinski definition) is 1. The van der Waals surface area contributed by atoms with Crippen LogP contribution in [0.25, 0.3) is 6.08 Å². The lowest BCUT2D eigenvalue weighted by Gasteiger charge is -2.19. The molecule has 1 heterocycles. The zero-order chi connectivity index (χ0) is 21.5. The van der Waals surface area contributed by atoms with E-state index in [4.69, 9.17) is 0 Å². The number of aliphatic imine (C=N–C) groups is 1. The molecule has 3 aromatic rings. The molecule has 0 fully saturated rings. The van der Waals surface area contributed by atoms with Crippen molar-refractivity contribution in [3.63, 3.8) is 0 Å². The normalized spacial score (nSPS) is 13.0. The second-order valence-electron chi connectivity index (χ2n) is 7.02. The lowest BCUT2D eigenvalue weighted by molar-refractivity contribution is -0.111. The predicted octanol–water partition coefficient (Wildman–Crippen LogP) is 4.72. The molecule has 154 valence electrons. The summed E-state index contributed by atoms with van der Waals surface area (Å²) < 4.78 is 15.7. The van der Waals surface area contributed by atoms with Gasteiger partial charge in [-0.2, -0.15) is 0 Å². The highest BCUT2D eigenvalue weighted by molar-refractivity contribution is 6.35. The number of Topliss-reactive ketones (excluding diaryl/α,β-unsaturated/α-hetero) is 1. The van der Waals surface area contributed by atoms with Crippen LogP contribution in [0.5, 0.6) is 0 Å². The summed E-state index contributed by atoms with van der Waals surface area (Å²) in [5.74, 6) is -0.666. The number of rotatable bonds is 8. The van der Waals surface area contributed by atoms with Gasteiger partial charge in [0.05, 0.1) is 6.21 Å². The van der Waals surface area contributed by atoms with Gasteiger partial charge in [0.15, 0.2) is 5.76 Å². The molecular weight excluding hydrogens is 381 g/mol. The fraction of sp³-hybridized carbons (Fsp3) is 0.208. The first-order valence-electron chi connectivity index (χ1n) is 9.69. The highest BCUT2D eigenvalue weighted by atomic mass is 19.1. The third kappa shape index (κ3) is 5.08. The second kappa shape index (κ2) is 9.78. The lowest BCUT2D eigenvalue weighted by atomic mass is 9.87. The molecule has 30 heavy (non-hydrogen) atoms. The average Bonchev–Trinajstić information content (AvgIpc) is 3.18. The maximum atomic E-state index is 13.8. The van der Waals surface area contributed by atoms with E-state index in [-0.39, 0.29) is 11.7 Å². The van der Waals surface area contributed by atoms with Gasteiger partial charge in [0.25, 0.3) is 0 Å². The summed E-state index contributed by atoms with van der Waals surface area (Å²) in [5, 5.41) is 9.97. The van der Waals surface area contributed by atoms with E-state index in [1.807, 2.05) is 34.9 Å². The number of halogens is 1. The minimum atomic E-state index is -0.573. The Labute approximate surface area is 175 Å². The molecule has 1 aromatic heterocycles. The predicted molar refractivity (Wildman–Crippen MR) is 116 cm³/mol. The van der Waals surface area contributed by atoms with E-state index in [9.17, 15) is 14.3 Å². The summed E-state index contributed by atoms with van der Waals surface area (Å²) in [7, 11) is 1.47. The van der Waals surface area contributed by atoms with Crippen molar-refractivity contribution >= 4 is 18.1 Å². The van der Waals surface area contributed by atoms with Crippen LogP contribution < -0.4 is 0 Å². The number of hydrogen-bond acceptors (Lipinski definition) is 4. The standard InChI is InChI=1S/C24H24FN3O2/c1-17-14-19(8-9-21(17)25)20(18-6-4-3-5-7-18)10-12-28-13-11-27-24(28)15-22(29)23(30)16-26-2/h3-9,11,13-16,20,29H,10,12H2,1-2H3/b22-15-,26-16-/t20-/m1/s1. The van der Waals surface area contributed by atoms with Crippen molar-refractivity contribution in [3.8, 4) is 0 Å². The van der Waals surface area contributed by atoms with Crippen LogP contribution in [-0.2, 0) is 11.3 Å². The van der Waals surface area contributed by atoms with Gasteiger partial charge < -0.3 is 9.67 Å². The number of aliphatic hydroxyl groups excluding tert-OH is 1. The molecule has 6 heteroatoms. The van der Waals surface area contributed by atoms with E-state index in [1.165, 1.54) is 19.2 Å². The van der Waals surface area contributed by atoms with Gasteiger partial charge in [-0.3, -0.25) is 9.79 Å². The maximum Gasteiger partial charge on any atom is 0.237 e. The SMILES string of the molecule is C/N=C\C(=O)/C(O)=C/c1nccn1CC[C@H](c1ccccc1)c1ccc(F)c(C)c1. The van der Waals surface area contributed by atoms with E-state index in [2.05, 4.69) is 22.1 Å². The van der Waals surface area contributed by atoms with Crippen LogP contribution in [0.2, 0.25) is 0 Å². The van der Waals surface area contributed by atoms with E-state index in [0.29, 0.717) is 17.9 Å². The van der Waals surface area contributed by atoms with Crippen LogP contribution in [0.15, 0.2) is 71.7 Å². The van der Waals surface area contributed by atoms with E-state index in [0.717, 1.165) is 23.8 Å². The van der Waals surface area contributed by atoms with Crippen molar-refractivity contribution in [3.05, 3.63) is 95.0 Å². The molecule has 5 nitrogen and oxygen atoms in total. The number of aliphatic hydroxyl groups is 1. The van der Waals surface area contributed by atoms with Crippen LogP contribution in [-0.4, -0.2) is 33.7 Å². The molecule has 1 atom stereocenters. The molecule has 0 unspecified atom stereocenters. The Balaban J connectivity index is 1.86. The third-order valence-electron chi connectivity index (χ3n) is 4.96. The number of allylic oxidation sites excluding steroid dienone is 1. The molecule has 0 aliphatic heterocycles. The third-order valence-corrected chi connectivity index (χ3v) is 4.96. The number of ketones is 1. The van der Waals surface area contributed by atoms with E-state index >= 15 is 0 Å². The number of carbonyl (C=O) groups excluding carboxylic acids is 1. The molecule has 0 aliphatic rings. The Bertz CT molecular complexity index is 1070. The molecule has 0 saturated heterocycles. The number of benzene rings is 2. The highest BCUT2D eigenvalue weighted by Gasteiger charge is 2.16. The smallest absolute Gasteiger partial charge is 0.237 e. The highest BCUT2D eigenvalue weighted by Crippen LogP contribution is 2.30. The summed E-state index contributed by atoms with van der Waals surface area (Å²) in [6.45, 7) is 2.37. The second-order valence-corrected chi connectivity index (χ2v) is 7.02. The molecule has 0 aliphatic carbocycles. The molecule has 2 aromatic carbocycles. The number of aryl methyl sites for hydroxylation is 2. The summed E-state index contributed by atoms with van der Waals surface area (Å²) in [6.07, 6.45) is 6.55. The largest absolute Gasteiger partial charge is 0.504 e. The fourth-order valence-electron chi connectivity index (χ4n) is 3.39. The Morgan fingerprint density at radius 2 is 2.00 bits per heavy atom. The van der Waals surface area contributed by atoms with Crippen LogP contribution in [0.3, 0.4) is 0 Å². The van der Waals surface area contributed by atoms with E-state index in [1.54, 1.807) is 19.3 Å². The molecule has 0 radical (unpaired) electrons. The number of nitrogens with zero attached hydrogens (tertiary/aromatic N) is 3. The van der Waals surface area contributed by atoms with Crippen LogP contribution in [0.1, 0.15) is 34.9 Å². The Morgan fingerprint density at radius 1 is 1.23 bits per heavy atom. The van der Waals surface area contributed by atoms with Gasteiger partial charge in [-0.15, -0.1) is 0 Å². The van der Waals surface area contributed by atoms with Gasteiger partial charge in [-0.05, 0) is 36.1 Å². The number of aromatic nitrogens is 2. The van der Waals surface area contributed by atoms with Gasteiger partial charge >= 0.3 is 0 Å². The first-order chi connectivity index (χ1) is 14.5. The van der Waals surface area contributed by atoms with Crippen LogP contribution in [0, 0.1) is 12.7 Å². The lowest BCUT2D eigenvalue weighted by Crippen LogP contribution is -2.09. The number of imidazole rings is 1. The Hall–Kier alpha value is -3.54. The van der Waals surface area contributed by atoms with Crippen molar-refractivity contribution in [2.45, 2.75) is 25.8 Å². The quantitative estimate of drug-likeness (QED) is 0.335. The minimum absolute atomic E-state index is 0.0622. The summed E-state index contributed by atoms with van der Waals surface area (Å²) in [4.78, 5) is 19.6. The Kier molecular flexibility index (Phi) is 6.91. The number of carbonyl (C=O) groups is 1. The van der Waals surface area contributed by atoms with Crippen LogP contribution >= 0.6 is 0 Å². The van der Waals surface area contributed by atoms with E-state index < -0.39 is 11.5 Å². The van der Waals surface area contributed by atoms with Gasteiger partial charge in [-0.25, -0.2) is 9.37 Å². The monoisotopic (exact) mass is 405 g/mol. The molecule has 1 N–H and O–H groups in total. The average molecular weight is 405 g/mol. The molecule has 0 spiro atoms. The first kappa shape index (κ1) is 21.2. The zero-order valence-corrected chi connectivity index (χ0v) is 17.0. The molecule has 0 bridgehead atoms. The topological polar surface area (TPSA) is 67.5 Å². The maximum absolute atomic E-state index is 13.8. The van der Waals surface area contributed by atoms with Gasteiger partial charge in [0.2, 0.25) is 5.78 Å². The minimum Gasteiger partial charge on any atom is -0.504 e. The molecule has 0 saturated carbocycles. The molecule has 3 rings (SSSR count). The Morgan fingerprint density at radius 3 is 2.70 bits per heavy atom. The van der Waals surface area contributed by atoms with Gasteiger partial charge in [-0.1, -0.05) is 42.5 Å². The van der Waals surface area contributed by atoms with Crippen molar-refractivity contribution in [2.75, 3.05) is 7.05 Å². The molecular formula is C24H24FN3O2. The molecule has 0 amide bonds. The van der Waals surface area contributed by atoms with Gasteiger partial charge in [0.1, 0.15) is 11.6 Å². The van der Waals surface area contributed by atoms with Crippen molar-refractivity contribution in [2.24, 2.45) is 4.99 Å². The van der Waals surface area contributed by atoms with Crippen molar-refractivity contribution in [1.29, 1.82) is 0 Å². The summed E-state index contributed by atoms with van der Waals surface area (Å²) >= 11 is 0. The summed E-state index contributed by atoms with van der Waals surface area (Å²) in [6, 6.07) is 15.3. The van der Waals surface area contributed by atoms with Crippen molar-refractivity contribution in [1.82, 2.24) is 9.55 Å². The zero-order valence-electron chi connectivity index (χ0n) is 17.0. The van der Waals surface area contributed by atoms with Crippen LogP contribution in [0.4, 0.5) is 4.39 Å².